The van der Waals surface area contributed by atoms with Gasteiger partial charge in [-0.3, -0.25) is 0 Å². The molecule has 0 amide bonds. The second-order valence-electron chi connectivity index (χ2n) is 5.53. The van der Waals surface area contributed by atoms with E-state index in [-0.39, 0.29) is 0 Å². The maximum atomic E-state index is 4.60. The molecule has 0 saturated heterocycles. The number of pyridine rings is 1. The zero-order valence-electron chi connectivity index (χ0n) is 12.4. The Bertz CT molecular complexity index is 359. The molecule has 0 radical (unpaired) electrons. The molecule has 0 bridgehead atoms. The van der Waals surface area contributed by atoms with Crippen molar-refractivity contribution >= 4 is 5.82 Å². The van der Waals surface area contributed by atoms with E-state index in [4.69, 9.17) is 0 Å². The van der Waals surface area contributed by atoms with E-state index >= 15 is 0 Å². The molecule has 0 unspecified atom stereocenters. The predicted molar refractivity (Wildman–Crippen MR) is 78.9 cm³/mol. The monoisotopic (exact) mass is 249 g/mol. The average Bonchev–Trinajstić information content (AvgIpc) is 2.27. The van der Waals surface area contributed by atoms with Gasteiger partial charge in [-0.25, -0.2) is 4.98 Å². The molecule has 0 fully saturated rings. The van der Waals surface area contributed by atoms with Gasteiger partial charge in [-0.15, -0.1) is 0 Å². The number of hydrogen-bond donors (Lipinski definition) is 2. The number of nitrogens with one attached hydrogen (secondary N) is 2. The predicted octanol–water partition coefficient (Wildman–Crippen LogP) is 3.21. The molecule has 1 aromatic heterocycles. The van der Waals surface area contributed by atoms with Crippen LogP contribution in [0.15, 0.2) is 12.1 Å². The van der Waals surface area contributed by atoms with Crippen LogP contribution in [0.1, 0.15) is 45.9 Å². The van der Waals surface area contributed by atoms with Gasteiger partial charge in [-0.1, -0.05) is 20.8 Å². The SMILES string of the molecule is CCc1cc(CNCC(C)C)cc(NC(C)C)n1. The number of anilines is 1. The van der Waals surface area contributed by atoms with Crippen molar-refractivity contribution in [3.05, 3.63) is 23.4 Å². The van der Waals surface area contributed by atoms with Gasteiger partial charge in [-0.05, 0) is 50.4 Å². The first-order valence-electron chi connectivity index (χ1n) is 6.98. The van der Waals surface area contributed by atoms with Crippen LogP contribution in [0.5, 0.6) is 0 Å². The van der Waals surface area contributed by atoms with E-state index in [0.29, 0.717) is 12.0 Å². The Morgan fingerprint density at radius 1 is 1.17 bits per heavy atom. The number of hydrogen-bond acceptors (Lipinski definition) is 3. The molecule has 102 valence electrons. The molecule has 2 N–H and O–H groups in total. The second kappa shape index (κ2) is 7.37. The van der Waals surface area contributed by atoms with Crippen LogP contribution >= 0.6 is 0 Å². The largest absolute Gasteiger partial charge is 0.368 e. The van der Waals surface area contributed by atoms with Crippen LogP contribution in [0.3, 0.4) is 0 Å². The van der Waals surface area contributed by atoms with E-state index in [2.05, 4.69) is 62.4 Å². The normalized spacial score (nSPS) is 11.3. The van der Waals surface area contributed by atoms with Gasteiger partial charge in [0, 0.05) is 18.3 Å². The average molecular weight is 249 g/mol. The van der Waals surface area contributed by atoms with Crippen LogP contribution in [0.25, 0.3) is 0 Å². The lowest BCUT2D eigenvalue weighted by atomic mass is 10.1. The molecule has 18 heavy (non-hydrogen) atoms. The maximum Gasteiger partial charge on any atom is 0.126 e. The van der Waals surface area contributed by atoms with E-state index in [1.807, 2.05) is 0 Å². The Morgan fingerprint density at radius 2 is 1.89 bits per heavy atom. The first-order valence-corrected chi connectivity index (χ1v) is 6.98. The molecule has 0 saturated carbocycles. The smallest absolute Gasteiger partial charge is 0.126 e. The third-order valence-corrected chi connectivity index (χ3v) is 2.62. The standard InChI is InChI=1S/C15H27N3/c1-6-14-7-13(10-16-9-11(2)3)8-15(18-14)17-12(4)5/h7-8,11-12,16H,6,9-10H2,1-5H3,(H,17,18). The second-order valence-corrected chi connectivity index (χ2v) is 5.53. The van der Waals surface area contributed by atoms with Crippen LogP contribution in [-0.2, 0) is 13.0 Å². The Kier molecular flexibility index (Phi) is 6.13. The van der Waals surface area contributed by atoms with E-state index < -0.39 is 0 Å². The highest BCUT2D eigenvalue weighted by Gasteiger charge is 2.03. The lowest BCUT2D eigenvalue weighted by molar-refractivity contribution is 0.552. The lowest BCUT2D eigenvalue weighted by Gasteiger charge is -2.13. The zero-order valence-corrected chi connectivity index (χ0v) is 12.4. The summed E-state index contributed by atoms with van der Waals surface area (Å²) in [6, 6.07) is 4.76. The van der Waals surface area contributed by atoms with E-state index in [1.165, 1.54) is 5.56 Å². The van der Waals surface area contributed by atoms with Gasteiger partial charge < -0.3 is 10.6 Å². The Morgan fingerprint density at radius 3 is 2.44 bits per heavy atom. The third kappa shape index (κ3) is 5.50. The molecule has 0 aliphatic carbocycles. The van der Waals surface area contributed by atoms with Gasteiger partial charge in [0.25, 0.3) is 0 Å². The summed E-state index contributed by atoms with van der Waals surface area (Å²) in [7, 11) is 0. The number of rotatable bonds is 7. The number of nitrogens with zero attached hydrogens (tertiary/aromatic N) is 1. The van der Waals surface area contributed by atoms with Crippen LogP contribution in [0.4, 0.5) is 5.82 Å². The minimum Gasteiger partial charge on any atom is -0.368 e. The van der Waals surface area contributed by atoms with Crippen molar-refractivity contribution in [2.45, 2.75) is 53.6 Å². The van der Waals surface area contributed by atoms with Gasteiger partial charge in [-0.2, -0.15) is 0 Å². The fourth-order valence-electron chi connectivity index (χ4n) is 1.81. The highest BCUT2D eigenvalue weighted by molar-refractivity contribution is 5.40. The fourth-order valence-corrected chi connectivity index (χ4v) is 1.81. The number of aryl methyl sites for hydroxylation is 1. The Hall–Kier alpha value is -1.09. The Labute approximate surface area is 111 Å². The van der Waals surface area contributed by atoms with Crippen LogP contribution in [-0.4, -0.2) is 17.6 Å². The van der Waals surface area contributed by atoms with Gasteiger partial charge in [0.15, 0.2) is 0 Å². The summed E-state index contributed by atoms with van der Waals surface area (Å²) in [6.45, 7) is 12.8. The van der Waals surface area contributed by atoms with E-state index in [9.17, 15) is 0 Å². The van der Waals surface area contributed by atoms with Crippen molar-refractivity contribution in [3.8, 4) is 0 Å². The summed E-state index contributed by atoms with van der Waals surface area (Å²) in [5.74, 6) is 1.68. The summed E-state index contributed by atoms with van der Waals surface area (Å²) in [6.07, 6.45) is 0.977. The molecule has 0 atom stereocenters. The summed E-state index contributed by atoms with van der Waals surface area (Å²) in [4.78, 5) is 4.60. The molecular formula is C15H27N3. The molecule has 0 aromatic carbocycles. The van der Waals surface area contributed by atoms with Gasteiger partial charge >= 0.3 is 0 Å². The highest BCUT2D eigenvalue weighted by Crippen LogP contribution is 2.12. The molecule has 3 nitrogen and oxygen atoms in total. The van der Waals surface area contributed by atoms with Crippen LogP contribution in [0.2, 0.25) is 0 Å². The summed E-state index contributed by atoms with van der Waals surface area (Å²) in [5, 5.41) is 6.86. The van der Waals surface area contributed by atoms with E-state index in [0.717, 1.165) is 31.0 Å². The topological polar surface area (TPSA) is 37.0 Å². The van der Waals surface area contributed by atoms with Crippen LogP contribution in [0, 0.1) is 5.92 Å². The highest BCUT2D eigenvalue weighted by atomic mass is 15.0. The molecular weight excluding hydrogens is 222 g/mol. The van der Waals surface area contributed by atoms with Crippen molar-refractivity contribution < 1.29 is 0 Å². The van der Waals surface area contributed by atoms with Crippen LogP contribution < -0.4 is 10.6 Å². The third-order valence-electron chi connectivity index (χ3n) is 2.62. The van der Waals surface area contributed by atoms with Crippen molar-refractivity contribution in [1.29, 1.82) is 0 Å². The van der Waals surface area contributed by atoms with E-state index in [1.54, 1.807) is 0 Å². The van der Waals surface area contributed by atoms with Gasteiger partial charge in [0.05, 0.1) is 0 Å². The number of aromatic nitrogens is 1. The molecule has 0 aliphatic heterocycles. The Balaban J connectivity index is 2.70. The molecule has 3 heteroatoms. The summed E-state index contributed by atoms with van der Waals surface area (Å²) in [5.41, 5.74) is 2.47. The maximum absolute atomic E-state index is 4.60. The quantitative estimate of drug-likeness (QED) is 0.779. The molecule has 1 heterocycles. The molecule has 1 rings (SSSR count). The first kappa shape index (κ1) is 15.0. The molecule has 0 aliphatic rings. The van der Waals surface area contributed by atoms with Crippen molar-refractivity contribution in [2.24, 2.45) is 5.92 Å². The minimum atomic E-state index is 0.418. The lowest BCUT2D eigenvalue weighted by Crippen LogP contribution is -2.19. The molecule has 1 aromatic rings. The summed E-state index contributed by atoms with van der Waals surface area (Å²) >= 11 is 0. The fraction of sp³-hybridized carbons (Fsp3) is 0.667. The van der Waals surface area contributed by atoms with Gasteiger partial charge in [0.1, 0.15) is 5.82 Å². The van der Waals surface area contributed by atoms with Gasteiger partial charge in [0.2, 0.25) is 0 Å². The van der Waals surface area contributed by atoms with Crippen molar-refractivity contribution in [2.75, 3.05) is 11.9 Å². The summed E-state index contributed by atoms with van der Waals surface area (Å²) < 4.78 is 0. The van der Waals surface area contributed by atoms with Crippen molar-refractivity contribution in [1.82, 2.24) is 10.3 Å². The van der Waals surface area contributed by atoms with Crippen molar-refractivity contribution in [3.63, 3.8) is 0 Å². The first-order chi connectivity index (χ1) is 8.51. The zero-order chi connectivity index (χ0) is 13.5. The minimum absolute atomic E-state index is 0.418. The molecule has 0 spiro atoms.